The standard InChI is InChI=1S/C12H23NO/c1-4-6-12(7-8-13-9-12)11(14)10(3)5-2/h10,13H,4-9H2,1-3H3. The Bertz CT molecular complexity index is 194. The molecule has 14 heavy (non-hydrogen) atoms. The van der Waals surface area contributed by atoms with Gasteiger partial charge in [0.25, 0.3) is 0 Å². The first-order valence-corrected chi connectivity index (χ1v) is 5.91. The zero-order valence-electron chi connectivity index (χ0n) is 9.73. The maximum absolute atomic E-state index is 12.2. The Balaban J connectivity index is 2.71. The van der Waals surface area contributed by atoms with Gasteiger partial charge < -0.3 is 5.32 Å². The van der Waals surface area contributed by atoms with Gasteiger partial charge in [-0.15, -0.1) is 0 Å². The Morgan fingerprint density at radius 2 is 2.21 bits per heavy atom. The molecule has 1 aliphatic heterocycles. The van der Waals surface area contributed by atoms with Crippen molar-refractivity contribution in [2.24, 2.45) is 11.3 Å². The van der Waals surface area contributed by atoms with Crippen LogP contribution in [-0.4, -0.2) is 18.9 Å². The Hall–Kier alpha value is -0.370. The first kappa shape index (κ1) is 11.7. The van der Waals surface area contributed by atoms with Crippen LogP contribution in [0.25, 0.3) is 0 Å². The highest BCUT2D eigenvalue weighted by atomic mass is 16.1. The number of hydrogen-bond donors (Lipinski definition) is 1. The van der Waals surface area contributed by atoms with Gasteiger partial charge in [0.05, 0.1) is 0 Å². The summed E-state index contributed by atoms with van der Waals surface area (Å²) >= 11 is 0. The SMILES string of the molecule is CCCC1(C(=O)C(C)CC)CCNC1. The summed E-state index contributed by atoms with van der Waals surface area (Å²) in [4.78, 5) is 12.2. The molecule has 1 fully saturated rings. The highest BCUT2D eigenvalue weighted by Crippen LogP contribution is 2.35. The van der Waals surface area contributed by atoms with Gasteiger partial charge in [0.15, 0.2) is 0 Å². The molecule has 2 nitrogen and oxygen atoms in total. The monoisotopic (exact) mass is 197 g/mol. The molecule has 1 heterocycles. The second-order valence-electron chi connectivity index (χ2n) is 4.63. The molecule has 1 rings (SSSR count). The van der Waals surface area contributed by atoms with Crippen LogP contribution in [0.4, 0.5) is 0 Å². The molecule has 0 aromatic carbocycles. The molecule has 0 bridgehead atoms. The summed E-state index contributed by atoms with van der Waals surface area (Å²) in [7, 11) is 0. The lowest BCUT2D eigenvalue weighted by atomic mass is 9.74. The van der Waals surface area contributed by atoms with Crippen molar-refractivity contribution in [1.82, 2.24) is 5.32 Å². The van der Waals surface area contributed by atoms with Crippen LogP contribution in [0.3, 0.4) is 0 Å². The van der Waals surface area contributed by atoms with E-state index >= 15 is 0 Å². The number of Topliss-reactive ketones (excluding diaryl/α,β-unsaturated/α-hetero) is 1. The van der Waals surface area contributed by atoms with Gasteiger partial charge in [0, 0.05) is 17.9 Å². The van der Waals surface area contributed by atoms with Crippen molar-refractivity contribution in [2.45, 2.75) is 46.5 Å². The molecule has 2 unspecified atom stereocenters. The quantitative estimate of drug-likeness (QED) is 0.733. The maximum Gasteiger partial charge on any atom is 0.143 e. The normalized spacial score (nSPS) is 29.1. The Morgan fingerprint density at radius 1 is 1.50 bits per heavy atom. The third-order valence-corrected chi connectivity index (χ3v) is 3.55. The predicted molar refractivity (Wildman–Crippen MR) is 59.3 cm³/mol. The number of carbonyl (C=O) groups is 1. The van der Waals surface area contributed by atoms with E-state index in [2.05, 4.69) is 26.1 Å². The Morgan fingerprint density at radius 3 is 2.64 bits per heavy atom. The summed E-state index contributed by atoms with van der Waals surface area (Å²) < 4.78 is 0. The summed E-state index contributed by atoms with van der Waals surface area (Å²) in [5.41, 5.74) is -0.0236. The molecule has 2 heteroatoms. The van der Waals surface area contributed by atoms with E-state index in [0.717, 1.165) is 38.8 Å². The average molecular weight is 197 g/mol. The third kappa shape index (κ3) is 2.17. The summed E-state index contributed by atoms with van der Waals surface area (Å²) in [6.07, 6.45) is 4.20. The molecule has 0 saturated carbocycles. The van der Waals surface area contributed by atoms with Crippen LogP contribution >= 0.6 is 0 Å². The van der Waals surface area contributed by atoms with Crippen LogP contribution in [0, 0.1) is 11.3 Å². The van der Waals surface area contributed by atoms with Crippen molar-refractivity contribution in [2.75, 3.05) is 13.1 Å². The van der Waals surface area contributed by atoms with E-state index in [1.54, 1.807) is 0 Å². The van der Waals surface area contributed by atoms with Crippen molar-refractivity contribution in [1.29, 1.82) is 0 Å². The van der Waals surface area contributed by atoms with Crippen LogP contribution in [0.2, 0.25) is 0 Å². The highest BCUT2D eigenvalue weighted by molar-refractivity contribution is 5.87. The zero-order valence-corrected chi connectivity index (χ0v) is 9.73. The zero-order chi connectivity index (χ0) is 10.6. The minimum Gasteiger partial charge on any atom is -0.316 e. The van der Waals surface area contributed by atoms with E-state index in [4.69, 9.17) is 0 Å². The van der Waals surface area contributed by atoms with Crippen molar-refractivity contribution in [3.05, 3.63) is 0 Å². The first-order chi connectivity index (χ1) is 6.66. The maximum atomic E-state index is 12.2. The van der Waals surface area contributed by atoms with E-state index in [0.29, 0.717) is 5.78 Å². The molecule has 0 aliphatic carbocycles. The van der Waals surface area contributed by atoms with Gasteiger partial charge in [0.1, 0.15) is 5.78 Å². The summed E-state index contributed by atoms with van der Waals surface area (Å²) in [5, 5.41) is 3.34. The lowest BCUT2D eigenvalue weighted by Crippen LogP contribution is -2.37. The molecule has 1 aliphatic rings. The van der Waals surface area contributed by atoms with Gasteiger partial charge in [0.2, 0.25) is 0 Å². The van der Waals surface area contributed by atoms with Gasteiger partial charge >= 0.3 is 0 Å². The molecule has 0 spiro atoms. The summed E-state index contributed by atoms with van der Waals surface area (Å²) in [6.45, 7) is 8.26. The van der Waals surface area contributed by atoms with Crippen LogP contribution in [0.1, 0.15) is 46.5 Å². The van der Waals surface area contributed by atoms with Gasteiger partial charge in [-0.2, -0.15) is 0 Å². The fraction of sp³-hybridized carbons (Fsp3) is 0.917. The van der Waals surface area contributed by atoms with E-state index in [1.165, 1.54) is 0 Å². The van der Waals surface area contributed by atoms with Crippen LogP contribution < -0.4 is 5.32 Å². The van der Waals surface area contributed by atoms with Crippen LogP contribution in [0.15, 0.2) is 0 Å². The molecule has 2 atom stereocenters. The second-order valence-corrected chi connectivity index (χ2v) is 4.63. The second kappa shape index (κ2) is 4.92. The van der Waals surface area contributed by atoms with Gasteiger partial charge in [-0.05, 0) is 25.8 Å². The van der Waals surface area contributed by atoms with Crippen molar-refractivity contribution < 1.29 is 4.79 Å². The number of rotatable bonds is 5. The molecule has 0 aromatic rings. The highest BCUT2D eigenvalue weighted by Gasteiger charge is 2.41. The van der Waals surface area contributed by atoms with Crippen molar-refractivity contribution in [3.63, 3.8) is 0 Å². The predicted octanol–water partition coefficient (Wildman–Crippen LogP) is 2.38. The number of ketones is 1. The van der Waals surface area contributed by atoms with E-state index in [9.17, 15) is 4.79 Å². The van der Waals surface area contributed by atoms with E-state index in [1.807, 2.05) is 0 Å². The van der Waals surface area contributed by atoms with Crippen molar-refractivity contribution in [3.8, 4) is 0 Å². The largest absolute Gasteiger partial charge is 0.316 e. The number of hydrogen-bond acceptors (Lipinski definition) is 2. The molecular weight excluding hydrogens is 174 g/mol. The number of carbonyl (C=O) groups excluding carboxylic acids is 1. The molecule has 1 saturated heterocycles. The summed E-state index contributed by atoms with van der Waals surface area (Å²) in [5.74, 6) is 0.730. The Kier molecular flexibility index (Phi) is 4.11. The molecule has 82 valence electrons. The molecule has 0 amide bonds. The minimum absolute atomic E-state index is 0.0236. The van der Waals surface area contributed by atoms with Gasteiger partial charge in [-0.1, -0.05) is 27.2 Å². The molecule has 0 aromatic heterocycles. The van der Waals surface area contributed by atoms with Crippen LogP contribution in [0.5, 0.6) is 0 Å². The third-order valence-electron chi connectivity index (χ3n) is 3.55. The molecule has 0 radical (unpaired) electrons. The summed E-state index contributed by atoms with van der Waals surface area (Å²) in [6, 6.07) is 0. The van der Waals surface area contributed by atoms with Gasteiger partial charge in [-0.25, -0.2) is 0 Å². The topological polar surface area (TPSA) is 29.1 Å². The first-order valence-electron chi connectivity index (χ1n) is 5.91. The minimum atomic E-state index is -0.0236. The van der Waals surface area contributed by atoms with Gasteiger partial charge in [-0.3, -0.25) is 4.79 Å². The fourth-order valence-electron chi connectivity index (χ4n) is 2.48. The van der Waals surface area contributed by atoms with E-state index < -0.39 is 0 Å². The number of nitrogens with one attached hydrogen (secondary N) is 1. The fourth-order valence-corrected chi connectivity index (χ4v) is 2.48. The average Bonchev–Trinajstić information content (AvgIpc) is 2.66. The van der Waals surface area contributed by atoms with E-state index in [-0.39, 0.29) is 11.3 Å². The molecular formula is C12H23NO. The van der Waals surface area contributed by atoms with Crippen molar-refractivity contribution >= 4 is 5.78 Å². The smallest absolute Gasteiger partial charge is 0.143 e. The Labute approximate surface area is 87.5 Å². The van der Waals surface area contributed by atoms with Crippen LogP contribution in [-0.2, 0) is 4.79 Å². The lowest BCUT2D eigenvalue weighted by Gasteiger charge is -2.28. The molecule has 1 N–H and O–H groups in total. The lowest BCUT2D eigenvalue weighted by molar-refractivity contribution is -0.132.